The standard InChI is InChI=1S/C18H10F3N3OS3/c19-18(20,21)11-7-8(9-3-1-5-26-9)12-13-14(28-17(12)22-11)16(25)24-15(23-13)10-4-2-6-27-10/h1-7,15,23H,(H,24,25)/t15-/m0/s1. The molecule has 0 unspecified atom stereocenters. The highest BCUT2D eigenvalue weighted by Gasteiger charge is 2.36. The van der Waals surface area contributed by atoms with Crippen LogP contribution in [0.4, 0.5) is 18.9 Å². The molecule has 4 nitrogen and oxygen atoms in total. The van der Waals surface area contributed by atoms with Crippen molar-refractivity contribution in [1.82, 2.24) is 10.3 Å². The maximum atomic E-state index is 13.4. The quantitative estimate of drug-likeness (QED) is 0.407. The van der Waals surface area contributed by atoms with E-state index in [0.29, 0.717) is 26.4 Å². The van der Waals surface area contributed by atoms with Crippen molar-refractivity contribution in [2.24, 2.45) is 0 Å². The summed E-state index contributed by atoms with van der Waals surface area (Å²) < 4.78 is 40.2. The Bertz CT molecular complexity index is 1180. The van der Waals surface area contributed by atoms with Crippen molar-refractivity contribution >= 4 is 55.8 Å². The van der Waals surface area contributed by atoms with Crippen LogP contribution in [0.5, 0.6) is 0 Å². The highest BCUT2D eigenvalue weighted by Crippen LogP contribution is 2.46. The predicted octanol–water partition coefficient (Wildman–Crippen LogP) is 5.96. The summed E-state index contributed by atoms with van der Waals surface area (Å²) in [6, 6.07) is 8.39. The summed E-state index contributed by atoms with van der Waals surface area (Å²) in [6.07, 6.45) is -5.00. The van der Waals surface area contributed by atoms with Crippen molar-refractivity contribution < 1.29 is 18.0 Å². The van der Waals surface area contributed by atoms with Crippen molar-refractivity contribution in [3.05, 3.63) is 56.5 Å². The third-order valence-electron chi connectivity index (χ3n) is 4.34. The van der Waals surface area contributed by atoms with E-state index in [2.05, 4.69) is 15.6 Å². The number of thiophene rings is 3. The number of rotatable bonds is 2. The smallest absolute Gasteiger partial charge is 0.359 e. The van der Waals surface area contributed by atoms with Gasteiger partial charge in [0.15, 0.2) is 0 Å². The molecule has 0 aromatic carbocycles. The first kappa shape index (κ1) is 17.7. The first-order valence-corrected chi connectivity index (χ1v) is 10.7. The van der Waals surface area contributed by atoms with Gasteiger partial charge in [0.2, 0.25) is 0 Å². The van der Waals surface area contributed by atoms with Crippen LogP contribution in [0.3, 0.4) is 0 Å². The lowest BCUT2D eigenvalue weighted by Gasteiger charge is -2.25. The third-order valence-corrected chi connectivity index (χ3v) is 7.26. The minimum atomic E-state index is -4.57. The van der Waals surface area contributed by atoms with Crippen LogP contribution < -0.4 is 10.6 Å². The monoisotopic (exact) mass is 437 g/mol. The van der Waals surface area contributed by atoms with Gasteiger partial charge in [0.05, 0.1) is 5.69 Å². The van der Waals surface area contributed by atoms with Crippen molar-refractivity contribution in [1.29, 1.82) is 0 Å². The zero-order chi connectivity index (χ0) is 19.5. The molecule has 1 aliphatic heterocycles. The first-order valence-electron chi connectivity index (χ1n) is 8.11. The van der Waals surface area contributed by atoms with Gasteiger partial charge in [-0.25, -0.2) is 4.98 Å². The molecule has 142 valence electrons. The highest BCUT2D eigenvalue weighted by molar-refractivity contribution is 7.21. The number of pyridine rings is 1. The number of halogens is 3. The Hall–Kier alpha value is -2.43. The Kier molecular flexibility index (Phi) is 3.97. The van der Waals surface area contributed by atoms with Gasteiger partial charge in [0.1, 0.15) is 21.6 Å². The van der Waals surface area contributed by atoms with E-state index in [1.165, 1.54) is 22.7 Å². The molecule has 2 N–H and O–H groups in total. The first-order chi connectivity index (χ1) is 13.4. The van der Waals surface area contributed by atoms with E-state index >= 15 is 0 Å². The van der Waals surface area contributed by atoms with Crippen LogP contribution in [-0.2, 0) is 6.18 Å². The van der Waals surface area contributed by atoms with E-state index in [0.717, 1.165) is 22.3 Å². The molecule has 1 aliphatic rings. The number of anilines is 1. The summed E-state index contributed by atoms with van der Waals surface area (Å²) in [5, 5.41) is 10.4. The normalized spacial score (nSPS) is 16.7. The largest absolute Gasteiger partial charge is 0.433 e. The second-order valence-corrected chi connectivity index (χ2v) is 9.01. The average Bonchev–Trinajstić information content (AvgIpc) is 3.40. The molecule has 10 heteroatoms. The van der Waals surface area contributed by atoms with E-state index < -0.39 is 18.0 Å². The van der Waals surface area contributed by atoms with Crippen molar-refractivity contribution in [3.8, 4) is 10.4 Å². The van der Waals surface area contributed by atoms with E-state index in [9.17, 15) is 18.0 Å². The fourth-order valence-corrected chi connectivity index (χ4v) is 5.68. The fraction of sp³-hybridized carbons (Fsp3) is 0.111. The summed E-state index contributed by atoms with van der Waals surface area (Å²) in [6.45, 7) is 0. The minimum absolute atomic E-state index is 0.192. The lowest BCUT2D eigenvalue weighted by molar-refractivity contribution is -0.140. The summed E-state index contributed by atoms with van der Waals surface area (Å²) in [4.78, 5) is 18.6. The lowest BCUT2D eigenvalue weighted by atomic mass is 10.1. The summed E-state index contributed by atoms with van der Waals surface area (Å²) in [5.74, 6) is -0.319. The molecule has 1 amide bonds. The van der Waals surface area contributed by atoms with Gasteiger partial charge in [0.25, 0.3) is 5.91 Å². The third kappa shape index (κ3) is 2.79. The highest BCUT2D eigenvalue weighted by atomic mass is 32.1. The molecule has 5 heterocycles. The molecular weight excluding hydrogens is 427 g/mol. The van der Waals surface area contributed by atoms with Gasteiger partial charge in [-0.3, -0.25) is 4.79 Å². The Morgan fingerprint density at radius 3 is 2.54 bits per heavy atom. The zero-order valence-corrected chi connectivity index (χ0v) is 16.3. The van der Waals surface area contributed by atoms with Crippen molar-refractivity contribution in [2.45, 2.75) is 12.3 Å². The molecule has 4 aromatic heterocycles. The Morgan fingerprint density at radius 1 is 1.07 bits per heavy atom. The molecule has 28 heavy (non-hydrogen) atoms. The van der Waals surface area contributed by atoms with Crippen LogP contribution in [0, 0.1) is 0 Å². The SMILES string of the molecule is O=C1N[C@@H](c2cccs2)Nc2c1sc1nc(C(F)(F)F)cc(-c3cccs3)c21. The molecule has 4 aromatic rings. The minimum Gasteiger partial charge on any atom is -0.359 e. The zero-order valence-electron chi connectivity index (χ0n) is 13.8. The van der Waals surface area contributed by atoms with Gasteiger partial charge in [-0.1, -0.05) is 12.1 Å². The number of hydrogen-bond acceptors (Lipinski definition) is 6. The number of amides is 1. The van der Waals surface area contributed by atoms with E-state index in [-0.39, 0.29) is 10.7 Å². The average molecular weight is 437 g/mol. The molecular formula is C18H10F3N3OS3. The number of alkyl halides is 3. The second kappa shape index (κ2) is 6.29. The molecule has 0 aliphatic carbocycles. The van der Waals surface area contributed by atoms with Crippen LogP contribution in [0.2, 0.25) is 0 Å². The number of nitrogens with zero attached hydrogens (tertiary/aromatic N) is 1. The van der Waals surface area contributed by atoms with Crippen LogP contribution in [0.25, 0.3) is 20.7 Å². The Morgan fingerprint density at radius 2 is 1.86 bits per heavy atom. The predicted molar refractivity (Wildman–Crippen MR) is 106 cm³/mol. The van der Waals surface area contributed by atoms with Gasteiger partial charge < -0.3 is 10.6 Å². The molecule has 5 rings (SSSR count). The van der Waals surface area contributed by atoms with Crippen molar-refractivity contribution in [3.63, 3.8) is 0 Å². The Labute approximate surface area is 168 Å². The van der Waals surface area contributed by atoms with Gasteiger partial charge in [0, 0.05) is 20.7 Å². The van der Waals surface area contributed by atoms with Gasteiger partial charge in [-0.2, -0.15) is 13.2 Å². The number of hydrogen-bond donors (Lipinski definition) is 2. The molecule has 0 fully saturated rings. The van der Waals surface area contributed by atoms with Crippen LogP contribution in [0.1, 0.15) is 26.4 Å². The van der Waals surface area contributed by atoms with E-state index in [1.807, 2.05) is 22.9 Å². The molecule has 0 spiro atoms. The molecule has 0 radical (unpaired) electrons. The molecule has 0 bridgehead atoms. The molecule has 0 saturated carbocycles. The van der Waals surface area contributed by atoms with Crippen LogP contribution >= 0.6 is 34.0 Å². The maximum Gasteiger partial charge on any atom is 0.433 e. The fourth-order valence-electron chi connectivity index (χ4n) is 3.14. The number of carbonyl (C=O) groups is 1. The van der Waals surface area contributed by atoms with Crippen LogP contribution in [0.15, 0.2) is 41.1 Å². The summed E-state index contributed by atoms with van der Waals surface area (Å²) >= 11 is 3.80. The number of fused-ring (bicyclic) bond motifs is 3. The van der Waals surface area contributed by atoms with Gasteiger partial charge in [-0.05, 0) is 29.0 Å². The topological polar surface area (TPSA) is 54.0 Å². The van der Waals surface area contributed by atoms with E-state index in [4.69, 9.17) is 0 Å². The van der Waals surface area contributed by atoms with E-state index in [1.54, 1.807) is 12.1 Å². The number of nitrogens with one attached hydrogen (secondary N) is 2. The van der Waals surface area contributed by atoms with Gasteiger partial charge >= 0.3 is 6.18 Å². The molecule has 0 saturated heterocycles. The van der Waals surface area contributed by atoms with Gasteiger partial charge in [-0.15, -0.1) is 34.0 Å². The number of carbonyl (C=O) groups excluding carboxylic acids is 1. The number of aromatic nitrogens is 1. The lowest BCUT2D eigenvalue weighted by Crippen LogP contribution is -2.37. The van der Waals surface area contributed by atoms with Crippen molar-refractivity contribution in [2.75, 3.05) is 5.32 Å². The Balaban J connectivity index is 1.76. The molecule has 1 atom stereocenters. The summed E-state index contributed by atoms with van der Waals surface area (Å²) in [5.41, 5.74) is 0.000871. The second-order valence-electron chi connectivity index (χ2n) is 6.08. The summed E-state index contributed by atoms with van der Waals surface area (Å²) in [7, 11) is 0. The van der Waals surface area contributed by atoms with Crippen LogP contribution in [-0.4, -0.2) is 10.9 Å². The maximum absolute atomic E-state index is 13.4.